The molecule has 0 atom stereocenters. The molecule has 4 aromatic rings. The smallest absolute Gasteiger partial charge is 0.293 e. The second kappa shape index (κ2) is 8.75. The summed E-state index contributed by atoms with van der Waals surface area (Å²) >= 11 is 6.22. The molecule has 1 saturated heterocycles. The van der Waals surface area contributed by atoms with E-state index in [0.717, 1.165) is 37.2 Å². The fourth-order valence-corrected chi connectivity index (χ4v) is 4.23. The van der Waals surface area contributed by atoms with E-state index in [1.54, 1.807) is 36.4 Å². The van der Waals surface area contributed by atoms with E-state index in [9.17, 15) is 14.9 Å². The van der Waals surface area contributed by atoms with Gasteiger partial charge in [-0.25, -0.2) is 0 Å². The van der Waals surface area contributed by atoms with Gasteiger partial charge in [0.25, 0.3) is 11.6 Å². The van der Waals surface area contributed by atoms with Gasteiger partial charge in [-0.2, -0.15) is 4.80 Å². The van der Waals surface area contributed by atoms with Gasteiger partial charge in [-0.15, -0.1) is 10.2 Å². The van der Waals surface area contributed by atoms with Crippen LogP contribution in [-0.4, -0.2) is 38.9 Å². The summed E-state index contributed by atoms with van der Waals surface area (Å²) < 4.78 is 0. The number of nitrogens with zero attached hydrogens (tertiary/aromatic N) is 5. The Morgan fingerprint density at radius 2 is 1.79 bits per heavy atom. The lowest BCUT2D eigenvalue weighted by Crippen LogP contribution is -2.19. The van der Waals surface area contributed by atoms with Crippen LogP contribution in [0.1, 0.15) is 28.8 Å². The molecule has 3 aromatic carbocycles. The van der Waals surface area contributed by atoms with Crippen LogP contribution >= 0.6 is 11.6 Å². The van der Waals surface area contributed by atoms with Crippen molar-refractivity contribution in [1.82, 2.24) is 15.0 Å². The number of benzene rings is 3. The highest BCUT2D eigenvalue weighted by Gasteiger charge is 2.24. The average Bonchev–Trinajstić information content (AvgIpc) is 3.50. The normalized spacial score (nSPS) is 13.4. The number of aryl methyl sites for hydroxylation is 1. The molecule has 2 heterocycles. The molecule has 1 aliphatic rings. The standard InChI is InChI=1S/C24H21ClN6O3/c1-15-4-7-18(14-19(15)25)30-27-20-8-6-17(13-21(20)28-30)26-24(32)16-5-9-22(23(12-16)31(33)34)29-10-2-3-11-29/h4-9,12-14H,2-3,10-11H2,1H3,(H,26,32). The van der Waals surface area contributed by atoms with Crippen LogP contribution in [0, 0.1) is 17.0 Å². The van der Waals surface area contributed by atoms with Crippen LogP contribution in [0.2, 0.25) is 5.02 Å². The minimum Gasteiger partial charge on any atom is -0.366 e. The molecule has 172 valence electrons. The van der Waals surface area contributed by atoms with E-state index < -0.39 is 10.8 Å². The van der Waals surface area contributed by atoms with Crippen molar-refractivity contribution in [2.24, 2.45) is 0 Å². The van der Waals surface area contributed by atoms with Crippen LogP contribution in [0.25, 0.3) is 16.7 Å². The molecular weight excluding hydrogens is 456 g/mol. The van der Waals surface area contributed by atoms with Gasteiger partial charge in [-0.1, -0.05) is 17.7 Å². The molecule has 1 aliphatic heterocycles. The van der Waals surface area contributed by atoms with E-state index >= 15 is 0 Å². The number of rotatable bonds is 5. The SMILES string of the molecule is Cc1ccc(-n2nc3ccc(NC(=O)c4ccc(N5CCCC5)c([N+](=O)[O-])c4)cc3n2)cc1Cl. The molecule has 5 rings (SSSR count). The van der Waals surface area contributed by atoms with E-state index in [-0.39, 0.29) is 11.3 Å². The highest BCUT2D eigenvalue weighted by molar-refractivity contribution is 6.31. The number of nitrogens with one attached hydrogen (secondary N) is 1. The average molecular weight is 477 g/mol. The molecule has 34 heavy (non-hydrogen) atoms. The van der Waals surface area contributed by atoms with Crippen molar-refractivity contribution in [1.29, 1.82) is 0 Å². The van der Waals surface area contributed by atoms with Crippen molar-refractivity contribution in [3.05, 3.63) is 80.9 Å². The molecule has 0 unspecified atom stereocenters. The second-order valence-corrected chi connectivity index (χ2v) is 8.64. The fourth-order valence-electron chi connectivity index (χ4n) is 4.05. The number of hydrogen-bond acceptors (Lipinski definition) is 6. The number of halogens is 1. The molecule has 1 fully saturated rings. The summed E-state index contributed by atoms with van der Waals surface area (Å²) in [6, 6.07) is 15.3. The van der Waals surface area contributed by atoms with Crippen molar-refractivity contribution in [2.45, 2.75) is 19.8 Å². The van der Waals surface area contributed by atoms with Crippen molar-refractivity contribution in [3.8, 4) is 5.69 Å². The van der Waals surface area contributed by atoms with E-state index in [4.69, 9.17) is 11.6 Å². The molecule has 0 bridgehead atoms. The van der Waals surface area contributed by atoms with E-state index in [1.807, 2.05) is 24.0 Å². The lowest BCUT2D eigenvalue weighted by Gasteiger charge is -2.17. The Morgan fingerprint density at radius 3 is 2.53 bits per heavy atom. The zero-order valence-electron chi connectivity index (χ0n) is 18.4. The number of carbonyl (C=O) groups is 1. The Balaban J connectivity index is 1.39. The first-order valence-electron chi connectivity index (χ1n) is 10.9. The van der Waals surface area contributed by atoms with Gasteiger partial charge in [0, 0.05) is 35.4 Å². The number of nitro benzene ring substituents is 1. The Morgan fingerprint density at radius 1 is 1.03 bits per heavy atom. The fraction of sp³-hybridized carbons (Fsp3) is 0.208. The van der Waals surface area contributed by atoms with E-state index in [0.29, 0.717) is 27.4 Å². The molecular formula is C24H21ClN6O3. The molecule has 0 radical (unpaired) electrons. The molecule has 10 heteroatoms. The summed E-state index contributed by atoms with van der Waals surface area (Å²) in [5.74, 6) is -0.437. The summed E-state index contributed by atoms with van der Waals surface area (Å²) in [7, 11) is 0. The van der Waals surface area contributed by atoms with Crippen LogP contribution in [0.4, 0.5) is 17.1 Å². The quantitative estimate of drug-likeness (QED) is 0.315. The van der Waals surface area contributed by atoms with Gasteiger partial charge in [0.1, 0.15) is 16.7 Å². The summed E-state index contributed by atoms with van der Waals surface area (Å²) in [6.45, 7) is 3.48. The number of fused-ring (bicyclic) bond motifs is 1. The van der Waals surface area contributed by atoms with Crippen LogP contribution in [0.5, 0.6) is 0 Å². The lowest BCUT2D eigenvalue weighted by atomic mass is 10.1. The van der Waals surface area contributed by atoms with E-state index in [2.05, 4.69) is 15.5 Å². The number of anilines is 2. The summed E-state index contributed by atoms with van der Waals surface area (Å²) in [5.41, 5.74) is 4.14. The third-order valence-corrected chi connectivity index (χ3v) is 6.31. The number of nitro groups is 1. The summed E-state index contributed by atoms with van der Waals surface area (Å²) in [4.78, 5) is 27.5. The monoisotopic (exact) mass is 476 g/mol. The first kappa shape index (κ1) is 21.8. The number of aromatic nitrogens is 3. The predicted octanol–water partition coefficient (Wildman–Crippen LogP) is 5.14. The first-order valence-corrected chi connectivity index (χ1v) is 11.3. The van der Waals surface area contributed by atoms with Crippen LogP contribution < -0.4 is 10.2 Å². The second-order valence-electron chi connectivity index (χ2n) is 8.24. The third kappa shape index (κ3) is 4.17. The van der Waals surface area contributed by atoms with Gasteiger partial charge >= 0.3 is 0 Å². The van der Waals surface area contributed by atoms with Crippen molar-refractivity contribution >= 4 is 45.6 Å². The minimum absolute atomic E-state index is 0.0651. The van der Waals surface area contributed by atoms with Crippen molar-refractivity contribution < 1.29 is 9.72 Å². The Hall–Kier alpha value is -3.98. The minimum atomic E-state index is -0.438. The van der Waals surface area contributed by atoms with Gasteiger partial charge < -0.3 is 10.2 Å². The zero-order valence-corrected chi connectivity index (χ0v) is 19.1. The lowest BCUT2D eigenvalue weighted by molar-refractivity contribution is -0.384. The maximum atomic E-state index is 12.9. The largest absolute Gasteiger partial charge is 0.366 e. The molecule has 9 nitrogen and oxygen atoms in total. The maximum absolute atomic E-state index is 12.9. The molecule has 0 aliphatic carbocycles. The Labute approximate surface area is 200 Å². The van der Waals surface area contributed by atoms with Crippen molar-refractivity contribution in [2.75, 3.05) is 23.3 Å². The Kier molecular flexibility index (Phi) is 5.62. The van der Waals surface area contributed by atoms with Gasteiger partial charge in [-0.05, 0) is 67.8 Å². The number of hydrogen-bond donors (Lipinski definition) is 1. The van der Waals surface area contributed by atoms with Crippen molar-refractivity contribution in [3.63, 3.8) is 0 Å². The predicted molar refractivity (Wildman–Crippen MR) is 131 cm³/mol. The topological polar surface area (TPSA) is 106 Å². The van der Waals surface area contributed by atoms with Gasteiger partial charge in [0.05, 0.1) is 10.6 Å². The van der Waals surface area contributed by atoms with Crippen LogP contribution in [0.3, 0.4) is 0 Å². The van der Waals surface area contributed by atoms with E-state index in [1.165, 1.54) is 10.9 Å². The number of carbonyl (C=O) groups excluding carboxylic acids is 1. The number of amides is 1. The highest BCUT2D eigenvalue weighted by Crippen LogP contribution is 2.32. The Bertz CT molecular complexity index is 1430. The molecule has 1 N–H and O–H groups in total. The first-order chi connectivity index (χ1) is 16.4. The van der Waals surface area contributed by atoms with Gasteiger partial charge in [0.2, 0.25) is 0 Å². The zero-order chi connectivity index (χ0) is 23.8. The van der Waals surface area contributed by atoms with Gasteiger partial charge in [0.15, 0.2) is 0 Å². The maximum Gasteiger partial charge on any atom is 0.293 e. The third-order valence-electron chi connectivity index (χ3n) is 5.91. The molecule has 1 aromatic heterocycles. The molecule has 0 saturated carbocycles. The molecule has 0 spiro atoms. The van der Waals surface area contributed by atoms with Gasteiger partial charge in [-0.3, -0.25) is 14.9 Å². The summed E-state index contributed by atoms with van der Waals surface area (Å²) in [5, 5.41) is 24.0. The summed E-state index contributed by atoms with van der Waals surface area (Å²) in [6.07, 6.45) is 2.01. The van der Waals surface area contributed by atoms with Crippen LogP contribution in [0.15, 0.2) is 54.6 Å². The molecule has 1 amide bonds. The highest BCUT2D eigenvalue weighted by atomic mass is 35.5. The van der Waals surface area contributed by atoms with Crippen LogP contribution in [-0.2, 0) is 0 Å².